The van der Waals surface area contributed by atoms with Crippen LogP contribution < -0.4 is 0 Å². The average molecular weight is 250 g/mol. The van der Waals surface area contributed by atoms with E-state index in [9.17, 15) is 9.90 Å². The first-order valence-corrected chi connectivity index (χ1v) is 6.56. The Bertz CT molecular complexity index is 397. The van der Waals surface area contributed by atoms with Gasteiger partial charge in [0.2, 0.25) is 0 Å². The van der Waals surface area contributed by atoms with Gasteiger partial charge in [-0.05, 0) is 24.5 Å². The quantitative estimate of drug-likeness (QED) is 0.570. The fourth-order valence-electron chi connectivity index (χ4n) is 1.91. The van der Waals surface area contributed by atoms with E-state index in [-0.39, 0.29) is 17.3 Å². The van der Waals surface area contributed by atoms with Crippen molar-refractivity contribution in [2.45, 2.75) is 46.0 Å². The van der Waals surface area contributed by atoms with Crippen molar-refractivity contribution in [1.29, 1.82) is 0 Å². The number of hydrogen-bond donors (Lipinski definition) is 2. The molecule has 0 fully saturated rings. The van der Waals surface area contributed by atoms with Gasteiger partial charge in [0, 0.05) is 12.5 Å². The molecule has 1 aromatic carbocycles. The van der Waals surface area contributed by atoms with E-state index < -0.39 is 0 Å². The number of carbonyl (C=O) groups excluding carboxylic acids is 1. The van der Waals surface area contributed by atoms with Crippen molar-refractivity contribution in [3.63, 3.8) is 0 Å². The van der Waals surface area contributed by atoms with E-state index in [4.69, 9.17) is 5.11 Å². The SMILES string of the molecule is CC(C)CCCCCC(=O)c1ccc(O)cc1O. The lowest BCUT2D eigenvalue weighted by Crippen LogP contribution is -1.99. The minimum atomic E-state index is -0.137. The van der Waals surface area contributed by atoms with Crippen LogP contribution in [-0.4, -0.2) is 16.0 Å². The van der Waals surface area contributed by atoms with Crippen molar-refractivity contribution in [2.75, 3.05) is 0 Å². The molecule has 0 saturated carbocycles. The van der Waals surface area contributed by atoms with Gasteiger partial charge in [0.25, 0.3) is 0 Å². The maximum atomic E-state index is 11.8. The minimum absolute atomic E-state index is 0.0269. The summed E-state index contributed by atoms with van der Waals surface area (Å²) in [4.78, 5) is 11.8. The van der Waals surface area contributed by atoms with E-state index in [0.717, 1.165) is 19.3 Å². The molecule has 0 aliphatic heterocycles. The smallest absolute Gasteiger partial charge is 0.166 e. The predicted molar refractivity (Wildman–Crippen MR) is 72.0 cm³/mol. The Labute approximate surface area is 108 Å². The summed E-state index contributed by atoms with van der Waals surface area (Å²) in [6, 6.07) is 4.10. The van der Waals surface area contributed by atoms with E-state index in [1.807, 2.05) is 0 Å². The molecule has 3 nitrogen and oxygen atoms in total. The summed E-state index contributed by atoms with van der Waals surface area (Å²) in [7, 11) is 0. The summed E-state index contributed by atoms with van der Waals surface area (Å²) < 4.78 is 0. The number of aromatic hydroxyl groups is 2. The third kappa shape index (κ3) is 4.78. The Morgan fingerprint density at radius 1 is 1.17 bits per heavy atom. The van der Waals surface area contributed by atoms with Crippen LogP contribution in [0.4, 0.5) is 0 Å². The molecule has 1 rings (SSSR count). The van der Waals surface area contributed by atoms with Crippen molar-refractivity contribution in [1.82, 2.24) is 0 Å². The topological polar surface area (TPSA) is 57.5 Å². The van der Waals surface area contributed by atoms with Crippen LogP contribution >= 0.6 is 0 Å². The highest BCUT2D eigenvalue weighted by molar-refractivity contribution is 5.98. The monoisotopic (exact) mass is 250 g/mol. The summed E-state index contributed by atoms with van der Waals surface area (Å²) >= 11 is 0. The van der Waals surface area contributed by atoms with Gasteiger partial charge >= 0.3 is 0 Å². The summed E-state index contributed by atoms with van der Waals surface area (Å²) in [6.45, 7) is 4.39. The van der Waals surface area contributed by atoms with Gasteiger partial charge in [-0.2, -0.15) is 0 Å². The predicted octanol–water partition coefficient (Wildman–Crippen LogP) is 3.89. The molecule has 0 unspecified atom stereocenters. The van der Waals surface area contributed by atoms with Gasteiger partial charge in [0.15, 0.2) is 5.78 Å². The van der Waals surface area contributed by atoms with Gasteiger partial charge in [0.1, 0.15) is 11.5 Å². The zero-order valence-corrected chi connectivity index (χ0v) is 11.1. The second-order valence-corrected chi connectivity index (χ2v) is 5.12. The standard InChI is InChI=1S/C15H22O3/c1-11(2)6-4-3-5-7-14(17)13-9-8-12(16)10-15(13)18/h8-11,16,18H,3-7H2,1-2H3. The molecule has 0 saturated heterocycles. The van der Waals surface area contributed by atoms with E-state index in [1.165, 1.54) is 24.6 Å². The molecule has 0 aliphatic rings. The van der Waals surface area contributed by atoms with Crippen LogP contribution in [0.25, 0.3) is 0 Å². The second kappa shape index (κ2) is 7.04. The summed E-state index contributed by atoms with van der Waals surface area (Å²) in [5, 5.41) is 18.7. The Morgan fingerprint density at radius 2 is 1.89 bits per heavy atom. The third-order valence-electron chi connectivity index (χ3n) is 2.97. The molecule has 0 atom stereocenters. The largest absolute Gasteiger partial charge is 0.508 e. The van der Waals surface area contributed by atoms with Crippen LogP contribution in [0.5, 0.6) is 11.5 Å². The van der Waals surface area contributed by atoms with Crippen LogP contribution in [0.15, 0.2) is 18.2 Å². The molecule has 0 radical (unpaired) electrons. The number of Topliss-reactive ketones (excluding diaryl/α,β-unsaturated/α-hetero) is 1. The number of phenols is 2. The van der Waals surface area contributed by atoms with Gasteiger partial charge in [-0.3, -0.25) is 4.79 Å². The molecule has 0 spiro atoms. The Hall–Kier alpha value is -1.51. The van der Waals surface area contributed by atoms with Gasteiger partial charge in [-0.25, -0.2) is 0 Å². The number of rotatable bonds is 7. The average Bonchev–Trinajstić information content (AvgIpc) is 2.27. The van der Waals surface area contributed by atoms with Crippen molar-refractivity contribution in [2.24, 2.45) is 5.92 Å². The van der Waals surface area contributed by atoms with E-state index >= 15 is 0 Å². The van der Waals surface area contributed by atoms with E-state index in [2.05, 4.69) is 13.8 Å². The molecule has 0 bridgehead atoms. The van der Waals surface area contributed by atoms with Crippen LogP contribution in [0, 0.1) is 5.92 Å². The molecule has 18 heavy (non-hydrogen) atoms. The molecule has 0 aromatic heterocycles. The highest BCUT2D eigenvalue weighted by Gasteiger charge is 2.11. The van der Waals surface area contributed by atoms with Crippen molar-refractivity contribution in [3.05, 3.63) is 23.8 Å². The Morgan fingerprint density at radius 3 is 2.50 bits per heavy atom. The second-order valence-electron chi connectivity index (χ2n) is 5.12. The normalized spacial score (nSPS) is 10.8. The Kier molecular flexibility index (Phi) is 5.69. The van der Waals surface area contributed by atoms with Gasteiger partial charge < -0.3 is 10.2 Å². The van der Waals surface area contributed by atoms with Crippen LogP contribution in [-0.2, 0) is 0 Å². The van der Waals surface area contributed by atoms with Crippen molar-refractivity contribution in [3.8, 4) is 11.5 Å². The number of phenolic OH excluding ortho intramolecular Hbond substituents is 2. The molecule has 2 N–H and O–H groups in total. The lowest BCUT2D eigenvalue weighted by atomic mass is 10.0. The fourth-order valence-corrected chi connectivity index (χ4v) is 1.91. The molecule has 0 heterocycles. The first-order chi connectivity index (χ1) is 8.50. The van der Waals surface area contributed by atoms with E-state index in [1.54, 1.807) is 0 Å². The molecular weight excluding hydrogens is 228 g/mol. The van der Waals surface area contributed by atoms with Crippen LogP contribution in [0.2, 0.25) is 0 Å². The van der Waals surface area contributed by atoms with Gasteiger partial charge in [-0.1, -0.05) is 33.1 Å². The molecule has 100 valence electrons. The highest BCUT2D eigenvalue weighted by Crippen LogP contribution is 2.24. The molecule has 0 aliphatic carbocycles. The van der Waals surface area contributed by atoms with E-state index in [0.29, 0.717) is 17.9 Å². The molecule has 0 amide bonds. The maximum Gasteiger partial charge on any atom is 0.166 e. The number of ketones is 1. The van der Waals surface area contributed by atoms with Gasteiger partial charge in [0.05, 0.1) is 5.56 Å². The maximum absolute atomic E-state index is 11.8. The zero-order valence-electron chi connectivity index (χ0n) is 11.1. The summed E-state index contributed by atoms with van der Waals surface area (Å²) in [5.74, 6) is 0.488. The zero-order chi connectivity index (χ0) is 13.5. The fraction of sp³-hybridized carbons (Fsp3) is 0.533. The first kappa shape index (κ1) is 14.6. The molecule has 1 aromatic rings. The number of hydrogen-bond acceptors (Lipinski definition) is 3. The van der Waals surface area contributed by atoms with Crippen molar-refractivity contribution >= 4 is 5.78 Å². The van der Waals surface area contributed by atoms with Crippen molar-refractivity contribution < 1.29 is 15.0 Å². The van der Waals surface area contributed by atoms with Crippen LogP contribution in [0.3, 0.4) is 0 Å². The third-order valence-corrected chi connectivity index (χ3v) is 2.97. The summed E-state index contributed by atoms with van der Waals surface area (Å²) in [5.41, 5.74) is 0.302. The number of unbranched alkanes of at least 4 members (excludes halogenated alkanes) is 2. The Balaban J connectivity index is 2.36. The first-order valence-electron chi connectivity index (χ1n) is 6.56. The highest BCUT2D eigenvalue weighted by atomic mass is 16.3. The molecule has 3 heteroatoms. The minimum Gasteiger partial charge on any atom is -0.508 e. The number of carbonyl (C=O) groups is 1. The van der Waals surface area contributed by atoms with Crippen LogP contribution in [0.1, 0.15) is 56.3 Å². The lowest BCUT2D eigenvalue weighted by Gasteiger charge is -2.05. The lowest BCUT2D eigenvalue weighted by molar-refractivity contribution is 0.0976. The number of benzene rings is 1. The summed E-state index contributed by atoms with van der Waals surface area (Å²) in [6.07, 6.45) is 4.69. The molecular formula is C15H22O3. The van der Waals surface area contributed by atoms with Gasteiger partial charge in [-0.15, -0.1) is 0 Å².